The lowest BCUT2D eigenvalue weighted by Gasteiger charge is -2.38. The van der Waals surface area contributed by atoms with Crippen molar-refractivity contribution in [2.24, 2.45) is 4.99 Å². The lowest BCUT2D eigenvalue weighted by molar-refractivity contribution is -0.132. The maximum Gasteiger partial charge on any atom is 0.222 e. The minimum atomic E-state index is -0.165. The third-order valence-electron chi connectivity index (χ3n) is 4.66. The van der Waals surface area contributed by atoms with Crippen LogP contribution in [0.25, 0.3) is 0 Å². The van der Waals surface area contributed by atoms with E-state index in [4.69, 9.17) is 4.99 Å². The van der Waals surface area contributed by atoms with Crippen LogP contribution in [0, 0.1) is 0 Å². The average molecular weight is 323 g/mol. The molecular formula is C18H33N3O2. The summed E-state index contributed by atoms with van der Waals surface area (Å²) in [6.45, 7) is 7.94. The minimum absolute atomic E-state index is 0.165. The van der Waals surface area contributed by atoms with E-state index in [0.29, 0.717) is 6.42 Å². The van der Waals surface area contributed by atoms with Gasteiger partial charge in [0.25, 0.3) is 0 Å². The Balaban J connectivity index is 2.67. The van der Waals surface area contributed by atoms with Gasteiger partial charge in [0.1, 0.15) is 5.84 Å². The van der Waals surface area contributed by atoms with Gasteiger partial charge < -0.3 is 9.80 Å². The molecule has 1 rings (SSSR count). The normalized spacial score (nSPS) is 17.9. The molecule has 0 aliphatic carbocycles. The summed E-state index contributed by atoms with van der Waals surface area (Å²) in [5.74, 6) is 1.14. The summed E-state index contributed by atoms with van der Waals surface area (Å²) in [6.07, 6.45) is 8.21. The number of rotatable bonds is 8. The topological polar surface area (TPSA) is 53.0 Å². The highest BCUT2D eigenvalue weighted by Gasteiger charge is 2.32. The molecule has 1 aliphatic rings. The number of carbonyl (C=O) groups is 2. The molecule has 0 spiro atoms. The van der Waals surface area contributed by atoms with Gasteiger partial charge in [-0.1, -0.05) is 26.7 Å². The van der Waals surface area contributed by atoms with Gasteiger partial charge in [0.05, 0.1) is 5.54 Å². The van der Waals surface area contributed by atoms with E-state index < -0.39 is 0 Å². The lowest BCUT2D eigenvalue weighted by atomic mass is 9.90. The number of amidine groups is 1. The molecule has 0 atom stereocenters. The van der Waals surface area contributed by atoms with Crippen molar-refractivity contribution in [1.82, 2.24) is 9.80 Å². The third kappa shape index (κ3) is 6.32. The summed E-state index contributed by atoms with van der Waals surface area (Å²) in [5, 5.41) is 0. The molecule has 1 heterocycles. The summed E-state index contributed by atoms with van der Waals surface area (Å²) in [4.78, 5) is 31.7. The summed E-state index contributed by atoms with van der Waals surface area (Å²) in [6, 6.07) is 0. The van der Waals surface area contributed by atoms with Crippen LogP contribution < -0.4 is 0 Å². The zero-order chi connectivity index (χ0) is 17.3. The van der Waals surface area contributed by atoms with E-state index in [1.165, 1.54) is 0 Å². The van der Waals surface area contributed by atoms with Crippen molar-refractivity contribution in [2.45, 2.75) is 77.7 Å². The largest absolute Gasteiger partial charge is 0.343 e. The van der Waals surface area contributed by atoms with Crippen LogP contribution in [0.2, 0.25) is 0 Å². The molecule has 2 amide bonds. The highest BCUT2D eigenvalue weighted by molar-refractivity contribution is 5.90. The van der Waals surface area contributed by atoms with E-state index in [1.807, 2.05) is 4.90 Å². The van der Waals surface area contributed by atoms with E-state index >= 15 is 0 Å². The Morgan fingerprint density at radius 3 is 2.26 bits per heavy atom. The number of aliphatic imine (C=N–C) groups is 1. The Morgan fingerprint density at radius 2 is 1.74 bits per heavy atom. The second-order valence-corrected chi connectivity index (χ2v) is 6.83. The molecule has 0 aromatic heterocycles. The molecule has 5 heteroatoms. The van der Waals surface area contributed by atoms with E-state index in [9.17, 15) is 9.59 Å². The lowest BCUT2D eigenvalue weighted by Crippen LogP contribution is -2.45. The molecule has 0 saturated carbocycles. The first kappa shape index (κ1) is 19.7. The average Bonchev–Trinajstić information content (AvgIpc) is 2.56. The number of nitrogens with zero attached hydrogens (tertiary/aromatic N) is 3. The second-order valence-electron chi connectivity index (χ2n) is 6.83. The molecule has 1 fully saturated rings. The van der Waals surface area contributed by atoms with Gasteiger partial charge in [-0.25, -0.2) is 0 Å². The van der Waals surface area contributed by atoms with E-state index in [1.54, 1.807) is 11.9 Å². The van der Waals surface area contributed by atoms with Crippen LogP contribution in [0.15, 0.2) is 4.99 Å². The fourth-order valence-electron chi connectivity index (χ4n) is 2.85. The van der Waals surface area contributed by atoms with Crippen LogP contribution in [-0.4, -0.2) is 53.6 Å². The summed E-state index contributed by atoms with van der Waals surface area (Å²) in [7, 11) is 1.77. The second kappa shape index (κ2) is 9.68. The summed E-state index contributed by atoms with van der Waals surface area (Å²) >= 11 is 0. The SMILES string of the molecule is CCCCC(=O)N1CCC(C)(N=C(CCCC)N(C)C=O)CC1. The molecule has 0 radical (unpaired) electrons. The van der Waals surface area contributed by atoms with Gasteiger partial charge >= 0.3 is 0 Å². The van der Waals surface area contributed by atoms with Crippen molar-refractivity contribution in [3.05, 3.63) is 0 Å². The number of unbranched alkanes of at least 4 members (excludes halogenated alkanes) is 2. The first-order valence-corrected chi connectivity index (χ1v) is 9.00. The van der Waals surface area contributed by atoms with Gasteiger partial charge in [0.2, 0.25) is 12.3 Å². The Morgan fingerprint density at radius 1 is 1.17 bits per heavy atom. The molecule has 0 bridgehead atoms. The third-order valence-corrected chi connectivity index (χ3v) is 4.66. The molecule has 132 valence electrons. The van der Waals surface area contributed by atoms with Crippen molar-refractivity contribution in [1.29, 1.82) is 0 Å². The number of piperidine rings is 1. The molecular weight excluding hydrogens is 290 g/mol. The Hall–Kier alpha value is -1.39. The molecule has 23 heavy (non-hydrogen) atoms. The quantitative estimate of drug-likeness (QED) is 0.391. The van der Waals surface area contributed by atoms with Gasteiger partial charge in [-0.3, -0.25) is 14.6 Å². The number of hydrogen-bond acceptors (Lipinski definition) is 3. The van der Waals surface area contributed by atoms with Crippen LogP contribution in [0.1, 0.15) is 72.1 Å². The smallest absolute Gasteiger partial charge is 0.222 e. The van der Waals surface area contributed by atoms with Crippen LogP contribution in [0.3, 0.4) is 0 Å². The van der Waals surface area contributed by atoms with Crippen molar-refractivity contribution < 1.29 is 9.59 Å². The predicted molar refractivity (Wildman–Crippen MR) is 94.5 cm³/mol. The predicted octanol–water partition coefficient (Wildman–Crippen LogP) is 3.23. The zero-order valence-corrected chi connectivity index (χ0v) is 15.3. The Bertz CT molecular complexity index is 412. The maximum atomic E-state index is 12.1. The first-order chi connectivity index (χ1) is 11.0. The number of likely N-dealkylation sites (tertiary alicyclic amines) is 1. The van der Waals surface area contributed by atoms with Crippen molar-refractivity contribution >= 4 is 18.2 Å². The van der Waals surface area contributed by atoms with Crippen molar-refractivity contribution in [3.63, 3.8) is 0 Å². The van der Waals surface area contributed by atoms with Gasteiger partial charge in [-0.05, 0) is 32.6 Å². The standard InChI is InChI=1S/C18H33N3O2/c1-5-7-9-16(20(4)15-22)19-18(3)11-13-21(14-12-18)17(23)10-8-6-2/h15H,5-14H2,1-4H3. The molecule has 1 saturated heterocycles. The molecule has 0 unspecified atom stereocenters. The van der Waals surface area contributed by atoms with Crippen LogP contribution >= 0.6 is 0 Å². The molecule has 0 aromatic carbocycles. The summed E-state index contributed by atoms with van der Waals surface area (Å²) in [5.41, 5.74) is -0.165. The van der Waals surface area contributed by atoms with Gasteiger partial charge in [0, 0.05) is 33.0 Å². The van der Waals surface area contributed by atoms with Gasteiger partial charge in [-0.15, -0.1) is 0 Å². The molecule has 0 aromatic rings. The maximum absolute atomic E-state index is 12.1. The number of amides is 2. The Kier molecular flexibility index (Phi) is 8.28. The van der Waals surface area contributed by atoms with E-state index in [0.717, 1.165) is 70.3 Å². The Labute approximate surface area is 141 Å². The molecule has 0 N–H and O–H groups in total. The van der Waals surface area contributed by atoms with Crippen molar-refractivity contribution in [3.8, 4) is 0 Å². The first-order valence-electron chi connectivity index (χ1n) is 9.00. The number of hydrogen-bond donors (Lipinski definition) is 0. The van der Waals surface area contributed by atoms with E-state index in [2.05, 4.69) is 20.8 Å². The zero-order valence-electron chi connectivity index (χ0n) is 15.3. The van der Waals surface area contributed by atoms with Crippen molar-refractivity contribution in [2.75, 3.05) is 20.1 Å². The van der Waals surface area contributed by atoms with Crippen LogP contribution in [-0.2, 0) is 9.59 Å². The fraction of sp³-hybridized carbons (Fsp3) is 0.833. The highest BCUT2D eigenvalue weighted by atomic mass is 16.2. The number of carbonyl (C=O) groups excluding carboxylic acids is 2. The summed E-state index contributed by atoms with van der Waals surface area (Å²) < 4.78 is 0. The highest BCUT2D eigenvalue weighted by Crippen LogP contribution is 2.27. The monoisotopic (exact) mass is 323 g/mol. The molecule has 1 aliphatic heterocycles. The molecule has 5 nitrogen and oxygen atoms in total. The van der Waals surface area contributed by atoms with Crippen LogP contribution in [0.5, 0.6) is 0 Å². The van der Waals surface area contributed by atoms with E-state index in [-0.39, 0.29) is 11.4 Å². The van der Waals surface area contributed by atoms with Gasteiger partial charge in [-0.2, -0.15) is 0 Å². The van der Waals surface area contributed by atoms with Crippen LogP contribution in [0.4, 0.5) is 0 Å². The fourth-order valence-corrected chi connectivity index (χ4v) is 2.85. The van der Waals surface area contributed by atoms with Gasteiger partial charge in [0.15, 0.2) is 0 Å². The minimum Gasteiger partial charge on any atom is -0.343 e.